The van der Waals surface area contributed by atoms with Crippen LogP contribution in [-0.2, 0) is 12.1 Å². The van der Waals surface area contributed by atoms with Crippen LogP contribution in [0.2, 0.25) is 0 Å². The predicted octanol–water partition coefficient (Wildman–Crippen LogP) is 0.768. The highest BCUT2D eigenvalue weighted by Crippen LogP contribution is 2.16. The first-order chi connectivity index (χ1) is 5.54. The molecule has 66 valence electrons. The summed E-state index contributed by atoms with van der Waals surface area (Å²) < 4.78 is 0. The molecule has 0 amide bonds. The fourth-order valence-corrected chi connectivity index (χ4v) is 0.934. The predicted molar refractivity (Wildman–Crippen MR) is 47.4 cm³/mol. The maximum absolute atomic E-state index is 9.61. The SMILES string of the molecule is CC(C)(O)c1cccc(CN)n1. The van der Waals surface area contributed by atoms with Crippen LogP contribution in [0, 0.1) is 0 Å². The average molecular weight is 166 g/mol. The van der Waals surface area contributed by atoms with Crippen LogP contribution in [0.1, 0.15) is 25.2 Å². The Hall–Kier alpha value is -0.930. The summed E-state index contributed by atoms with van der Waals surface area (Å²) in [5, 5.41) is 9.61. The van der Waals surface area contributed by atoms with Gasteiger partial charge in [0.15, 0.2) is 0 Å². The minimum Gasteiger partial charge on any atom is -0.384 e. The largest absolute Gasteiger partial charge is 0.384 e. The first-order valence-corrected chi connectivity index (χ1v) is 3.93. The van der Waals surface area contributed by atoms with Crippen molar-refractivity contribution in [2.75, 3.05) is 0 Å². The molecule has 0 bridgehead atoms. The minimum atomic E-state index is -0.884. The summed E-state index contributed by atoms with van der Waals surface area (Å²) in [6, 6.07) is 5.48. The molecule has 1 rings (SSSR count). The number of hydrogen-bond donors (Lipinski definition) is 2. The second-order valence-electron chi connectivity index (χ2n) is 3.28. The normalized spacial score (nSPS) is 11.7. The van der Waals surface area contributed by atoms with Crippen molar-refractivity contribution in [2.24, 2.45) is 5.73 Å². The molecule has 0 saturated heterocycles. The van der Waals surface area contributed by atoms with Gasteiger partial charge in [0.05, 0.1) is 11.4 Å². The van der Waals surface area contributed by atoms with Crippen molar-refractivity contribution in [1.29, 1.82) is 0 Å². The molecule has 3 N–H and O–H groups in total. The van der Waals surface area contributed by atoms with Crippen LogP contribution in [0.15, 0.2) is 18.2 Å². The highest BCUT2D eigenvalue weighted by atomic mass is 16.3. The Morgan fingerprint density at radius 2 is 2.17 bits per heavy atom. The monoisotopic (exact) mass is 166 g/mol. The first kappa shape index (κ1) is 9.16. The molecule has 3 heteroatoms. The zero-order valence-electron chi connectivity index (χ0n) is 7.41. The summed E-state index contributed by atoms with van der Waals surface area (Å²) in [4.78, 5) is 4.19. The highest BCUT2D eigenvalue weighted by Gasteiger charge is 2.17. The van der Waals surface area contributed by atoms with Gasteiger partial charge in [0, 0.05) is 6.54 Å². The fourth-order valence-electron chi connectivity index (χ4n) is 0.934. The zero-order valence-corrected chi connectivity index (χ0v) is 7.41. The number of rotatable bonds is 2. The van der Waals surface area contributed by atoms with Crippen LogP contribution in [0.4, 0.5) is 0 Å². The summed E-state index contributed by atoms with van der Waals surface area (Å²) in [5.74, 6) is 0. The van der Waals surface area contributed by atoms with Crippen LogP contribution in [-0.4, -0.2) is 10.1 Å². The molecule has 0 aliphatic carbocycles. The zero-order chi connectivity index (χ0) is 9.19. The number of aliphatic hydroxyl groups is 1. The molecule has 3 nitrogen and oxygen atoms in total. The van der Waals surface area contributed by atoms with E-state index in [9.17, 15) is 5.11 Å². The molecule has 0 atom stereocenters. The van der Waals surface area contributed by atoms with Gasteiger partial charge in [-0.05, 0) is 26.0 Å². The standard InChI is InChI=1S/C9H14N2O/c1-9(2,12)8-5-3-4-7(6-10)11-8/h3-5,12H,6,10H2,1-2H3. The summed E-state index contributed by atoms with van der Waals surface area (Å²) in [5.41, 5.74) is 5.99. The quantitative estimate of drug-likeness (QED) is 0.682. The van der Waals surface area contributed by atoms with Gasteiger partial charge in [-0.25, -0.2) is 0 Å². The molecule has 0 aliphatic rings. The van der Waals surface area contributed by atoms with Gasteiger partial charge in [-0.3, -0.25) is 4.98 Å². The molecule has 1 heterocycles. The van der Waals surface area contributed by atoms with Crippen LogP contribution in [0.3, 0.4) is 0 Å². The van der Waals surface area contributed by atoms with E-state index in [2.05, 4.69) is 4.98 Å². The van der Waals surface area contributed by atoms with E-state index < -0.39 is 5.60 Å². The van der Waals surface area contributed by atoms with E-state index in [4.69, 9.17) is 5.73 Å². The van der Waals surface area contributed by atoms with Gasteiger partial charge in [0.1, 0.15) is 5.60 Å². The van der Waals surface area contributed by atoms with Crippen molar-refractivity contribution < 1.29 is 5.11 Å². The van der Waals surface area contributed by atoms with Crippen molar-refractivity contribution in [3.63, 3.8) is 0 Å². The topological polar surface area (TPSA) is 59.1 Å². The van der Waals surface area contributed by atoms with Gasteiger partial charge >= 0.3 is 0 Å². The molecule has 0 aliphatic heterocycles. The van der Waals surface area contributed by atoms with E-state index in [1.165, 1.54) is 0 Å². The molecule has 0 aromatic carbocycles. The van der Waals surface area contributed by atoms with Crippen molar-refractivity contribution in [1.82, 2.24) is 4.98 Å². The molecule has 0 spiro atoms. The van der Waals surface area contributed by atoms with Gasteiger partial charge in [0.2, 0.25) is 0 Å². The third-order valence-electron chi connectivity index (χ3n) is 1.64. The maximum atomic E-state index is 9.61. The van der Waals surface area contributed by atoms with Crippen molar-refractivity contribution >= 4 is 0 Å². The van der Waals surface area contributed by atoms with Crippen molar-refractivity contribution in [2.45, 2.75) is 26.0 Å². The lowest BCUT2D eigenvalue weighted by Gasteiger charge is -2.16. The Labute approximate surface area is 72.2 Å². The molecule has 1 aromatic rings. The molecule has 12 heavy (non-hydrogen) atoms. The lowest BCUT2D eigenvalue weighted by atomic mass is 10.0. The fraction of sp³-hybridized carbons (Fsp3) is 0.444. The van der Waals surface area contributed by atoms with Crippen molar-refractivity contribution in [3.8, 4) is 0 Å². The second-order valence-corrected chi connectivity index (χ2v) is 3.28. The van der Waals surface area contributed by atoms with Gasteiger partial charge in [0.25, 0.3) is 0 Å². The average Bonchev–Trinajstić information content (AvgIpc) is 2.03. The summed E-state index contributed by atoms with van der Waals surface area (Å²) >= 11 is 0. The minimum absolute atomic E-state index is 0.407. The van der Waals surface area contributed by atoms with Crippen molar-refractivity contribution in [3.05, 3.63) is 29.6 Å². The molecular formula is C9H14N2O. The third-order valence-corrected chi connectivity index (χ3v) is 1.64. The highest BCUT2D eigenvalue weighted by molar-refractivity contribution is 5.15. The first-order valence-electron chi connectivity index (χ1n) is 3.93. The Balaban J connectivity index is 3.02. The summed E-state index contributed by atoms with van der Waals surface area (Å²) in [6.07, 6.45) is 0. The van der Waals surface area contributed by atoms with Gasteiger partial charge < -0.3 is 10.8 Å². The number of nitrogens with two attached hydrogens (primary N) is 1. The van der Waals surface area contributed by atoms with Crippen LogP contribution in [0.25, 0.3) is 0 Å². The number of aromatic nitrogens is 1. The molecule has 0 unspecified atom stereocenters. The lowest BCUT2D eigenvalue weighted by molar-refractivity contribution is 0.0736. The third kappa shape index (κ3) is 2.03. The second kappa shape index (κ2) is 3.21. The summed E-state index contributed by atoms with van der Waals surface area (Å²) in [7, 11) is 0. The molecule has 1 aromatic heterocycles. The smallest absolute Gasteiger partial charge is 0.101 e. The van der Waals surface area contributed by atoms with Crippen LogP contribution >= 0.6 is 0 Å². The van der Waals surface area contributed by atoms with E-state index in [-0.39, 0.29) is 0 Å². The Morgan fingerprint density at radius 3 is 2.67 bits per heavy atom. The van der Waals surface area contributed by atoms with E-state index in [1.54, 1.807) is 19.9 Å². The Morgan fingerprint density at radius 1 is 1.50 bits per heavy atom. The van der Waals surface area contributed by atoms with Crippen LogP contribution < -0.4 is 5.73 Å². The van der Waals surface area contributed by atoms with E-state index >= 15 is 0 Å². The van der Waals surface area contributed by atoms with Gasteiger partial charge in [-0.1, -0.05) is 6.07 Å². The number of hydrogen-bond acceptors (Lipinski definition) is 3. The maximum Gasteiger partial charge on any atom is 0.101 e. The molecule has 0 radical (unpaired) electrons. The Bertz CT molecular complexity index is 265. The van der Waals surface area contributed by atoms with E-state index in [1.807, 2.05) is 12.1 Å². The number of nitrogens with zero attached hydrogens (tertiary/aromatic N) is 1. The molecule has 0 fully saturated rings. The van der Waals surface area contributed by atoms with Gasteiger partial charge in [-0.2, -0.15) is 0 Å². The van der Waals surface area contributed by atoms with E-state index in [0.29, 0.717) is 12.2 Å². The molecular weight excluding hydrogens is 152 g/mol. The summed E-state index contributed by atoms with van der Waals surface area (Å²) in [6.45, 7) is 3.81. The Kier molecular flexibility index (Phi) is 2.45. The van der Waals surface area contributed by atoms with Gasteiger partial charge in [-0.15, -0.1) is 0 Å². The number of pyridine rings is 1. The van der Waals surface area contributed by atoms with E-state index in [0.717, 1.165) is 5.69 Å². The van der Waals surface area contributed by atoms with Crippen LogP contribution in [0.5, 0.6) is 0 Å². The lowest BCUT2D eigenvalue weighted by Crippen LogP contribution is -2.18. The molecule has 0 saturated carbocycles.